The Kier molecular flexibility index (Phi) is 3.36. The van der Waals surface area contributed by atoms with Gasteiger partial charge in [0.2, 0.25) is 0 Å². The van der Waals surface area contributed by atoms with Crippen LogP contribution < -0.4 is 4.74 Å². The molecule has 5 heteroatoms. The van der Waals surface area contributed by atoms with Crippen LogP contribution in [0, 0.1) is 0 Å². The van der Waals surface area contributed by atoms with Gasteiger partial charge in [0.15, 0.2) is 4.87 Å². The highest BCUT2D eigenvalue weighted by Crippen LogP contribution is 2.50. The third-order valence-electron chi connectivity index (χ3n) is 3.65. The van der Waals surface area contributed by atoms with Crippen molar-refractivity contribution in [2.75, 3.05) is 6.61 Å². The van der Waals surface area contributed by atoms with E-state index in [0.717, 1.165) is 5.56 Å². The first-order valence-electron chi connectivity index (χ1n) is 6.50. The molecule has 1 atom stereocenters. The third-order valence-corrected chi connectivity index (χ3v) is 4.30. The van der Waals surface area contributed by atoms with Crippen molar-refractivity contribution in [3.63, 3.8) is 0 Å². The fourth-order valence-electron chi connectivity index (χ4n) is 2.56. The summed E-state index contributed by atoms with van der Waals surface area (Å²) in [7, 11) is 0. The molecule has 110 valence electrons. The van der Waals surface area contributed by atoms with Crippen LogP contribution in [0.2, 0.25) is 0 Å². The zero-order valence-corrected chi connectivity index (χ0v) is 11.7. The maximum atomic E-state index is 13.7. The summed E-state index contributed by atoms with van der Waals surface area (Å²) in [5, 5.41) is 0. The molecule has 0 saturated carbocycles. The highest BCUT2D eigenvalue weighted by Gasteiger charge is 2.56. The van der Waals surface area contributed by atoms with E-state index in [9.17, 15) is 13.2 Å². The first kappa shape index (κ1) is 14.3. The summed E-state index contributed by atoms with van der Waals surface area (Å²) in [6, 6.07) is 12.0. The molecule has 0 aromatic heterocycles. The number of hydrogen-bond acceptors (Lipinski definition) is 1. The van der Waals surface area contributed by atoms with Crippen molar-refractivity contribution in [1.82, 2.24) is 0 Å². The minimum absolute atomic E-state index is 0.0121. The Morgan fingerprint density at radius 3 is 2.33 bits per heavy atom. The predicted octanol–water partition coefficient (Wildman–Crippen LogP) is 4.67. The first-order chi connectivity index (χ1) is 9.93. The molecule has 0 fully saturated rings. The fourth-order valence-corrected chi connectivity index (χ4v) is 2.81. The number of fused-ring (bicyclic) bond motifs is 1. The second-order valence-corrected chi connectivity index (χ2v) is 5.51. The van der Waals surface area contributed by atoms with Gasteiger partial charge in [0.1, 0.15) is 5.75 Å². The summed E-state index contributed by atoms with van der Waals surface area (Å²) < 4.78 is 46.3. The maximum absolute atomic E-state index is 13.7. The fraction of sp³-hybridized carbons (Fsp3) is 0.250. The number of rotatable bonds is 2. The molecule has 0 spiro atoms. The molecule has 1 unspecified atom stereocenters. The molecule has 0 aliphatic carbocycles. The number of halogens is 4. The van der Waals surface area contributed by atoms with E-state index in [1.54, 1.807) is 24.3 Å². The normalized spacial score (nSPS) is 17.0. The van der Waals surface area contributed by atoms with Gasteiger partial charge < -0.3 is 4.74 Å². The van der Waals surface area contributed by atoms with Crippen molar-refractivity contribution in [3.8, 4) is 5.75 Å². The maximum Gasteiger partial charge on any atom is 0.415 e. The van der Waals surface area contributed by atoms with E-state index in [1.807, 2.05) is 0 Å². The first-order valence-corrected chi connectivity index (χ1v) is 6.88. The molecule has 21 heavy (non-hydrogen) atoms. The molecule has 1 heterocycles. The monoisotopic (exact) mass is 312 g/mol. The number of hydrogen-bond donors (Lipinski definition) is 0. The van der Waals surface area contributed by atoms with Gasteiger partial charge in [-0.25, -0.2) is 0 Å². The average molecular weight is 313 g/mol. The zero-order valence-electron chi connectivity index (χ0n) is 11.0. The van der Waals surface area contributed by atoms with Crippen LogP contribution in [0.3, 0.4) is 0 Å². The van der Waals surface area contributed by atoms with Gasteiger partial charge >= 0.3 is 6.18 Å². The molecule has 0 N–H and O–H groups in total. The van der Waals surface area contributed by atoms with Crippen LogP contribution in [0.1, 0.15) is 16.7 Å². The van der Waals surface area contributed by atoms with E-state index >= 15 is 0 Å². The molecule has 2 aromatic rings. The Morgan fingerprint density at radius 2 is 1.67 bits per heavy atom. The van der Waals surface area contributed by atoms with Crippen molar-refractivity contribution in [2.24, 2.45) is 0 Å². The lowest BCUT2D eigenvalue weighted by atomic mass is 9.88. The second-order valence-electron chi connectivity index (χ2n) is 4.94. The van der Waals surface area contributed by atoms with E-state index in [4.69, 9.17) is 16.3 Å². The molecule has 1 aliphatic heterocycles. The second kappa shape index (κ2) is 4.95. The summed E-state index contributed by atoms with van der Waals surface area (Å²) in [6.45, 7) is 0.491. The molecule has 0 amide bonds. The van der Waals surface area contributed by atoms with Crippen LogP contribution in [0.25, 0.3) is 0 Å². The lowest BCUT2D eigenvalue weighted by Gasteiger charge is -2.31. The Balaban J connectivity index is 2.17. The quantitative estimate of drug-likeness (QED) is 0.732. The van der Waals surface area contributed by atoms with E-state index < -0.39 is 11.1 Å². The van der Waals surface area contributed by atoms with E-state index in [0.29, 0.717) is 18.8 Å². The number of benzene rings is 2. The Hall–Kier alpha value is -1.68. The van der Waals surface area contributed by atoms with Crippen LogP contribution >= 0.6 is 11.6 Å². The van der Waals surface area contributed by atoms with Crippen LogP contribution in [0.4, 0.5) is 13.2 Å². The molecule has 0 bridgehead atoms. The lowest BCUT2D eigenvalue weighted by molar-refractivity contribution is -0.154. The van der Waals surface area contributed by atoms with Gasteiger partial charge in [-0.2, -0.15) is 13.2 Å². The molecule has 0 saturated heterocycles. The standard InChI is InChI=1S/C16H12ClF3O/c17-15(16(18,19)20,12-4-2-1-3-5-12)13-6-7-14-11(10-13)8-9-21-14/h1-7,10H,8-9H2. The Morgan fingerprint density at radius 1 is 0.952 bits per heavy atom. The average Bonchev–Trinajstić information content (AvgIpc) is 2.93. The van der Waals surface area contributed by atoms with Crippen molar-refractivity contribution < 1.29 is 17.9 Å². The molecule has 1 aliphatic rings. The summed E-state index contributed by atoms with van der Waals surface area (Å²) in [6.07, 6.45) is -4.01. The van der Waals surface area contributed by atoms with Gasteiger partial charge in [0.05, 0.1) is 6.61 Å². The minimum Gasteiger partial charge on any atom is -0.493 e. The summed E-state index contributed by atoms with van der Waals surface area (Å²) >= 11 is 6.10. The largest absolute Gasteiger partial charge is 0.493 e. The van der Waals surface area contributed by atoms with Crippen molar-refractivity contribution in [3.05, 3.63) is 65.2 Å². The molecular formula is C16H12ClF3O. The lowest BCUT2D eigenvalue weighted by Crippen LogP contribution is -2.38. The topological polar surface area (TPSA) is 9.23 Å². The summed E-state index contributed by atoms with van der Waals surface area (Å²) in [5.41, 5.74) is 0.794. The van der Waals surface area contributed by atoms with Gasteiger partial charge in [-0.1, -0.05) is 48.0 Å². The SMILES string of the molecule is FC(F)(F)C(Cl)(c1ccccc1)c1ccc2c(c1)CCO2. The van der Waals surface area contributed by atoms with Crippen molar-refractivity contribution >= 4 is 11.6 Å². The Labute approximate surface area is 125 Å². The molecule has 3 rings (SSSR count). The van der Waals surface area contributed by atoms with Gasteiger partial charge in [-0.05, 0) is 28.8 Å². The molecule has 2 aromatic carbocycles. The van der Waals surface area contributed by atoms with E-state index in [-0.39, 0.29) is 11.1 Å². The van der Waals surface area contributed by atoms with E-state index in [1.165, 1.54) is 24.3 Å². The van der Waals surface area contributed by atoms with Crippen LogP contribution in [0.5, 0.6) is 5.75 Å². The molecule has 1 nitrogen and oxygen atoms in total. The third kappa shape index (κ3) is 2.27. The van der Waals surface area contributed by atoms with Gasteiger partial charge in [-0.15, -0.1) is 0 Å². The zero-order chi connectivity index (χ0) is 15.1. The van der Waals surface area contributed by atoms with Crippen molar-refractivity contribution in [2.45, 2.75) is 17.5 Å². The van der Waals surface area contributed by atoms with Gasteiger partial charge in [0.25, 0.3) is 0 Å². The smallest absolute Gasteiger partial charge is 0.415 e. The van der Waals surface area contributed by atoms with Crippen LogP contribution in [-0.4, -0.2) is 12.8 Å². The van der Waals surface area contributed by atoms with Crippen LogP contribution in [0.15, 0.2) is 48.5 Å². The molecule has 0 radical (unpaired) electrons. The molecular weight excluding hydrogens is 301 g/mol. The summed E-state index contributed by atoms with van der Waals surface area (Å²) in [4.78, 5) is -2.55. The number of alkyl halides is 4. The van der Waals surface area contributed by atoms with E-state index in [2.05, 4.69) is 0 Å². The van der Waals surface area contributed by atoms with Gasteiger partial charge in [-0.3, -0.25) is 0 Å². The highest BCUT2D eigenvalue weighted by atomic mass is 35.5. The highest BCUT2D eigenvalue weighted by molar-refractivity contribution is 6.26. The predicted molar refractivity (Wildman–Crippen MR) is 74.8 cm³/mol. The Bertz CT molecular complexity index is 654. The minimum atomic E-state index is -4.61. The summed E-state index contributed by atoms with van der Waals surface area (Å²) in [5.74, 6) is 0.632. The van der Waals surface area contributed by atoms with Gasteiger partial charge in [0, 0.05) is 6.42 Å². The van der Waals surface area contributed by atoms with Crippen molar-refractivity contribution in [1.29, 1.82) is 0 Å². The number of ether oxygens (including phenoxy) is 1. The van der Waals surface area contributed by atoms with Crippen LogP contribution in [-0.2, 0) is 11.3 Å².